The Morgan fingerprint density at radius 3 is 2.58 bits per heavy atom. The molecule has 0 saturated heterocycles. The van der Waals surface area contributed by atoms with Crippen molar-refractivity contribution in [3.63, 3.8) is 0 Å². The Labute approximate surface area is 142 Å². The number of hydrogen-bond donors (Lipinski definition) is 1. The average molecular weight is 331 g/mol. The van der Waals surface area contributed by atoms with Crippen LogP contribution in [0.4, 0.5) is 0 Å². The maximum atomic E-state index is 12.0. The molecule has 0 radical (unpaired) electrons. The fourth-order valence-electron chi connectivity index (χ4n) is 2.75. The van der Waals surface area contributed by atoms with Crippen LogP contribution in [0.1, 0.15) is 38.3 Å². The summed E-state index contributed by atoms with van der Waals surface area (Å²) in [5.41, 5.74) is 3.03. The molecule has 130 valence electrons. The van der Waals surface area contributed by atoms with Crippen LogP contribution in [-0.2, 0) is 21.1 Å². The fourth-order valence-corrected chi connectivity index (χ4v) is 2.75. The molecule has 1 aromatic carbocycles. The molecule has 6 nitrogen and oxygen atoms in total. The molecule has 2 rings (SSSR count). The van der Waals surface area contributed by atoms with Crippen LogP contribution in [-0.4, -0.2) is 31.5 Å². The number of rotatable bonds is 7. The van der Waals surface area contributed by atoms with Crippen LogP contribution < -0.4 is 5.32 Å². The Bertz CT molecular complexity index is 665. The molecule has 1 unspecified atom stereocenters. The highest BCUT2D eigenvalue weighted by Crippen LogP contribution is 2.52. The first-order valence-electron chi connectivity index (χ1n) is 7.98. The van der Waals surface area contributed by atoms with Gasteiger partial charge in [-0.2, -0.15) is 0 Å². The predicted molar refractivity (Wildman–Crippen MR) is 93.8 cm³/mol. The van der Waals surface area contributed by atoms with Gasteiger partial charge in [-0.1, -0.05) is 48.4 Å². The third-order valence-electron chi connectivity index (χ3n) is 4.34. The number of likely N-dealkylation sites (N-methyl/N-ethyl adjacent to an activating group) is 1. The van der Waals surface area contributed by atoms with E-state index in [1.807, 2.05) is 31.2 Å². The molecule has 1 amide bonds. The summed E-state index contributed by atoms with van der Waals surface area (Å²) in [4.78, 5) is 22.3. The monoisotopic (exact) mass is 331 g/mol. The van der Waals surface area contributed by atoms with Gasteiger partial charge >= 0.3 is 0 Å². The second-order valence-electron chi connectivity index (χ2n) is 6.61. The van der Waals surface area contributed by atoms with E-state index in [9.17, 15) is 4.79 Å². The highest BCUT2D eigenvalue weighted by Gasteiger charge is 2.47. The molecule has 1 fully saturated rings. The van der Waals surface area contributed by atoms with Crippen LogP contribution in [0.3, 0.4) is 0 Å². The first kappa shape index (κ1) is 18.0. The predicted octanol–water partition coefficient (Wildman–Crippen LogP) is 2.72. The average Bonchev–Trinajstić information content (AvgIpc) is 3.21. The van der Waals surface area contributed by atoms with Gasteiger partial charge in [0.25, 0.3) is 5.91 Å². The topological polar surface area (TPSA) is 72.3 Å². The van der Waals surface area contributed by atoms with Crippen molar-refractivity contribution in [2.24, 2.45) is 21.6 Å². The first-order chi connectivity index (χ1) is 11.4. The van der Waals surface area contributed by atoms with Crippen LogP contribution in [0.15, 0.2) is 34.6 Å². The lowest BCUT2D eigenvalue weighted by Crippen LogP contribution is -2.29. The molecule has 0 aromatic heterocycles. The summed E-state index contributed by atoms with van der Waals surface area (Å²) in [5, 5.41) is 10.6. The van der Waals surface area contributed by atoms with Crippen molar-refractivity contribution in [2.45, 2.75) is 33.8 Å². The zero-order valence-electron chi connectivity index (χ0n) is 14.9. The van der Waals surface area contributed by atoms with Gasteiger partial charge < -0.3 is 15.0 Å². The van der Waals surface area contributed by atoms with Gasteiger partial charge in [0.2, 0.25) is 0 Å². The Kier molecular flexibility index (Phi) is 5.59. The van der Waals surface area contributed by atoms with Crippen LogP contribution >= 0.6 is 0 Å². The second kappa shape index (κ2) is 7.47. The third kappa shape index (κ3) is 4.13. The van der Waals surface area contributed by atoms with E-state index < -0.39 is 0 Å². The van der Waals surface area contributed by atoms with Gasteiger partial charge in [-0.15, -0.1) is 0 Å². The highest BCUT2D eigenvalue weighted by atomic mass is 16.6. The summed E-state index contributed by atoms with van der Waals surface area (Å²) >= 11 is 0. The van der Waals surface area contributed by atoms with E-state index in [1.54, 1.807) is 7.05 Å². The van der Waals surface area contributed by atoms with E-state index in [-0.39, 0.29) is 18.2 Å². The van der Waals surface area contributed by atoms with Crippen LogP contribution in [0.5, 0.6) is 0 Å². The Morgan fingerprint density at radius 1 is 1.33 bits per heavy atom. The van der Waals surface area contributed by atoms with Crippen molar-refractivity contribution >= 4 is 17.3 Å². The van der Waals surface area contributed by atoms with E-state index >= 15 is 0 Å². The number of amides is 1. The maximum Gasteiger partial charge on any atom is 0.273 e. The van der Waals surface area contributed by atoms with E-state index in [0.29, 0.717) is 16.9 Å². The number of nitrogens with zero attached hydrogens (tertiary/aromatic N) is 2. The van der Waals surface area contributed by atoms with Gasteiger partial charge in [0.05, 0.1) is 5.71 Å². The lowest BCUT2D eigenvalue weighted by atomic mass is 10.0. The normalized spacial score (nSPS) is 19.6. The quantitative estimate of drug-likeness (QED) is 0.617. The van der Waals surface area contributed by atoms with Crippen molar-refractivity contribution in [2.75, 3.05) is 14.2 Å². The summed E-state index contributed by atoms with van der Waals surface area (Å²) in [6, 6.07) is 7.42. The van der Waals surface area contributed by atoms with Crippen molar-refractivity contribution in [1.29, 1.82) is 0 Å². The summed E-state index contributed by atoms with van der Waals surface area (Å²) in [6.07, 6.45) is 1.14. The molecule has 0 spiro atoms. The van der Waals surface area contributed by atoms with Crippen LogP contribution in [0.2, 0.25) is 0 Å². The Hall–Kier alpha value is -2.37. The summed E-state index contributed by atoms with van der Waals surface area (Å²) in [5.74, 6) is 0.174. The lowest BCUT2D eigenvalue weighted by molar-refractivity contribution is -0.114. The van der Waals surface area contributed by atoms with Crippen molar-refractivity contribution < 1.29 is 14.5 Å². The van der Waals surface area contributed by atoms with Gasteiger partial charge in [-0.3, -0.25) is 4.79 Å². The molecule has 1 saturated carbocycles. The van der Waals surface area contributed by atoms with Crippen LogP contribution in [0.25, 0.3) is 0 Å². The van der Waals surface area contributed by atoms with E-state index in [2.05, 4.69) is 29.5 Å². The number of carbonyl (C=O) groups is 1. The SMILES string of the molecule is CNC(=O)/C(=N\OC)c1ccccc1CO/N=C(/C)C1CC1(C)C. The third-order valence-corrected chi connectivity index (χ3v) is 4.34. The second-order valence-corrected chi connectivity index (χ2v) is 6.61. The van der Waals surface area contributed by atoms with Gasteiger partial charge in [0.15, 0.2) is 5.71 Å². The van der Waals surface area contributed by atoms with Gasteiger partial charge in [0.1, 0.15) is 13.7 Å². The van der Waals surface area contributed by atoms with Gasteiger partial charge in [-0.25, -0.2) is 0 Å². The molecule has 1 aliphatic carbocycles. The van der Waals surface area contributed by atoms with E-state index in [4.69, 9.17) is 9.68 Å². The van der Waals surface area contributed by atoms with Gasteiger partial charge in [-0.05, 0) is 18.8 Å². The first-order valence-corrected chi connectivity index (χ1v) is 7.98. The largest absolute Gasteiger partial charge is 0.398 e. The van der Waals surface area contributed by atoms with Crippen molar-refractivity contribution in [1.82, 2.24) is 5.32 Å². The minimum atomic E-state index is -0.316. The summed E-state index contributed by atoms with van der Waals surface area (Å²) in [6.45, 7) is 6.71. The molecule has 1 atom stereocenters. The molecular weight excluding hydrogens is 306 g/mol. The van der Waals surface area contributed by atoms with E-state index in [1.165, 1.54) is 7.11 Å². The molecule has 1 aliphatic rings. The number of hydrogen-bond acceptors (Lipinski definition) is 5. The van der Waals surface area contributed by atoms with Gasteiger partial charge in [0, 0.05) is 24.1 Å². The van der Waals surface area contributed by atoms with Crippen LogP contribution in [0, 0.1) is 11.3 Å². The minimum Gasteiger partial charge on any atom is -0.398 e. The molecule has 1 N–H and O–H groups in total. The molecule has 0 bridgehead atoms. The molecule has 1 aromatic rings. The van der Waals surface area contributed by atoms with Crippen molar-refractivity contribution in [3.8, 4) is 0 Å². The van der Waals surface area contributed by atoms with E-state index in [0.717, 1.165) is 17.7 Å². The fraction of sp³-hybridized carbons (Fsp3) is 0.500. The summed E-state index contributed by atoms with van der Waals surface area (Å²) in [7, 11) is 2.96. The highest BCUT2D eigenvalue weighted by molar-refractivity contribution is 6.45. The zero-order valence-corrected chi connectivity index (χ0v) is 14.9. The molecule has 0 heterocycles. The lowest BCUT2D eigenvalue weighted by Gasteiger charge is -2.10. The number of carbonyl (C=O) groups excluding carboxylic acids is 1. The number of benzene rings is 1. The number of oxime groups is 2. The Balaban J connectivity index is 2.13. The van der Waals surface area contributed by atoms with Crippen molar-refractivity contribution in [3.05, 3.63) is 35.4 Å². The molecule has 24 heavy (non-hydrogen) atoms. The standard InChI is InChI=1S/C18H25N3O3/c1-12(15-10-18(15,2)3)20-24-11-13-8-6-7-9-14(13)16(21-23-5)17(22)19-4/h6-9,15H,10-11H2,1-5H3,(H,19,22)/b20-12-,21-16-. The molecule has 0 aliphatic heterocycles. The number of nitrogens with one attached hydrogen (secondary N) is 1. The summed E-state index contributed by atoms with van der Waals surface area (Å²) < 4.78 is 0. The molecular formula is C18H25N3O3. The molecule has 6 heteroatoms. The Morgan fingerprint density at radius 2 is 2.00 bits per heavy atom. The smallest absolute Gasteiger partial charge is 0.273 e. The maximum absolute atomic E-state index is 12.0. The zero-order chi connectivity index (χ0) is 17.7. The minimum absolute atomic E-state index is 0.211.